The van der Waals surface area contributed by atoms with Gasteiger partial charge in [0.2, 0.25) is 11.8 Å². The first-order valence-corrected chi connectivity index (χ1v) is 11.3. The van der Waals surface area contributed by atoms with Crippen LogP contribution in [0.15, 0.2) is 30.3 Å². The Hall–Kier alpha value is -3.27. The van der Waals surface area contributed by atoms with E-state index in [0.29, 0.717) is 19.4 Å². The molecule has 0 bridgehead atoms. The molecule has 3 rings (SSSR count). The van der Waals surface area contributed by atoms with Crippen molar-refractivity contribution in [3.05, 3.63) is 35.9 Å². The van der Waals surface area contributed by atoms with Gasteiger partial charge in [-0.25, -0.2) is 4.79 Å². The van der Waals surface area contributed by atoms with E-state index in [0.717, 1.165) is 10.5 Å². The molecule has 2 saturated heterocycles. The van der Waals surface area contributed by atoms with Gasteiger partial charge in [-0.15, -0.1) is 0 Å². The zero-order valence-corrected chi connectivity index (χ0v) is 18.5. The molecular weight excluding hydrogens is 428 g/mol. The molecule has 178 valence electrons. The minimum atomic E-state index is -1.18. The monoisotopic (exact) mass is 458 g/mol. The van der Waals surface area contributed by atoms with E-state index in [1.807, 2.05) is 18.2 Å². The number of imide groups is 1. The summed E-state index contributed by atoms with van der Waals surface area (Å²) in [6.07, 6.45) is 2.04. The molecule has 1 aromatic carbocycles. The number of esters is 1. The van der Waals surface area contributed by atoms with Crippen molar-refractivity contribution < 1.29 is 28.7 Å². The summed E-state index contributed by atoms with van der Waals surface area (Å²) >= 11 is 0. The van der Waals surface area contributed by atoms with Crippen molar-refractivity contribution in [1.29, 1.82) is 0 Å². The average molecular weight is 459 g/mol. The first-order chi connectivity index (χ1) is 15.9. The van der Waals surface area contributed by atoms with E-state index >= 15 is 0 Å². The highest BCUT2D eigenvalue weighted by Gasteiger charge is 2.44. The second-order valence-electron chi connectivity index (χ2n) is 8.26. The molecule has 2 fully saturated rings. The van der Waals surface area contributed by atoms with Crippen LogP contribution in [0, 0.1) is 0 Å². The summed E-state index contributed by atoms with van der Waals surface area (Å²) in [5, 5.41) is 5.13. The van der Waals surface area contributed by atoms with Crippen molar-refractivity contribution in [2.24, 2.45) is 5.73 Å². The number of hydrogen-bond donors (Lipinski definition) is 3. The lowest BCUT2D eigenvalue weighted by Crippen LogP contribution is -2.58. The van der Waals surface area contributed by atoms with Gasteiger partial charge in [-0.05, 0) is 44.2 Å². The Labute approximate surface area is 192 Å². The molecule has 2 aliphatic heterocycles. The minimum absolute atomic E-state index is 0.0103. The third-order valence-corrected chi connectivity index (χ3v) is 5.80. The van der Waals surface area contributed by atoms with Crippen molar-refractivity contribution in [2.45, 2.75) is 69.7 Å². The van der Waals surface area contributed by atoms with Gasteiger partial charge in [0, 0.05) is 12.8 Å². The van der Waals surface area contributed by atoms with Crippen LogP contribution < -0.4 is 16.4 Å². The summed E-state index contributed by atoms with van der Waals surface area (Å²) in [6, 6.07) is 6.07. The van der Waals surface area contributed by atoms with Crippen LogP contribution in [-0.2, 0) is 35.3 Å². The number of nitrogens with one attached hydrogen (secondary N) is 2. The predicted octanol–water partition coefficient (Wildman–Crippen LogP) is 0.140. The highest BCUT2D eigenvalue weighted by Crippen LogP contribution is 2.21. The highest BCUT2D eigenvalue weighted by molar-refractivity contribution is 6.06. The number of benzene rings is 1. The summed E-state index contributed by atoms with van der Waals surface area (Å²) in [7, 11) is 0. The maximum Gasteiger partial charge on any atom is 0.329 e. The molecule has 1 aromatic rings. The van der Waals surface area contributed by atoms with E-state index in [9.17, 15) is 24.0 Å². The highest BCUT2D eigenvalue weighted by atomic mass is 16.5. The lowest BCUT2D eigenvalue weighted by atomic mass is 10.0. The van der Waals surface area contributed by atoms with E-state index < -0.39 is 35.9 Å². The van der Waals surface area contributed by atoms with Crippen LogP contribution in [0.5, 0.6) is 0 Å². The van der Waals surface area contributed by atoms with Crippen LogP contribution in [0.3, 0.4) is 0 Å². The lowest BCUT2D eigenvalue weighted by Gasteiger charge is -2.32. The maximum absolute atomic E-state index is 13.4. The number of carbonyl (C=O) groups is 5. The fourth-order valence-corrected chi connectivity index (χ4v) is 4.01. The number of rotatable bonds is 10. The SMILES string of the molecule is NCCCC[C@@H](C(=O)OCc1ccccc1)N(C(=O)[C@@H]1CCC(=O)N1)C(=O)[C@@H]1CCC(=O)N1. The second-order valence-corrected chi connectivity index (χ2v) is 8.26. The number of unbranched alkanes of at least 4 members (excludes halogenated alkanes) is 1. The Bertz CT molecular complexity index is 852. The van der Waals surface area contributed by atoms with Gasteiger partial charge >= 0.3 is 5.97 Å². The van der Waals surface area contributed by atoms with Gasteiger partial charge in [0.15, 0.2) is 0 Å². The van der Waals surface area contributed by atoms with E-state index in [1.165, 1.54) is 0 Å². The fourth-order valence-electron chi connectivity index (χ4n) is 4.01. The average Bonchev–Trinajstić information content (AvgIpc) is 3.45. The van der Waals surface area contributed by atoms with Crippen LogP contribution >= 0.6 is 0 Å². The molecule has 10 heteroatoms. The normalized spacial score (nSPS) is 20.6. The van der Waals surface area contributed by atoms with E-state index in [4.69, 9.17) is 10.5 Å². The van der Waals surface area contributed by atoms with Crippen molar-refractivity contribution >= 4 is 29.6 Å². The summed E-state index contributed by atoms with van der Waals surface area (Å²) in [5.41, 5.74) is 6.36. The first-order valence-electron chi connectivity index (χ1n) is 11.3. The van der Waals surface area contributed by atoms with Crippen LogP contribution in [0.4, 0.5) is 0 Å². The molecule has 4 amide bonds. The van der Waals surface area contributed by atoms with Crippen LogP contribution in [0.25, 0.3) is 0 Å². The molecule has 0 unspecified atom stereocenters. The molecule has 4 N–H and O–H groups in total. The summed E-state index contributed by atoms with van der Waals surface area (Å²) < 4.78 is 5.48. The Morgan fingerprint density at radius 1 is 0.970 bits per heavy atom. The summed E-state index contributed by atoms with van der Waals surface area (Å²) in [5.74, 6) is -2.63. The molecule has 10 nitrogen and oxygen atoms in total. The minimum Gasteiger partial charge on any atom is -0.459 e. The molecule has 0 aromatic heterocycles. The summed E-state index contributed by atoms with van der Waals surface area (Å²) in [4.78, 5) is 64.2. The molecule has 2 aliphatic rings. The van der Waals surface area contributed by atoms with Gasteiger partial charge in [0.05, 0.1) is 0 Å². The predicted molar refractivity (Wildman–Crippen MR) is 117 cm³/mol. The van der Waals surface area contributed by atoms with Crippen LogP contribution in [-0.4, -0.2) is 59.2 Å². The van der Waals surface area contributed by atoms with Gasteiger partial charge < -0.3 is 21.1 Å². The first kappa shape index (κ1) is 24.4. The third-order valence-electron chi connectivity index (χ3n) is 5.80. The molecule has 3 atom stereocenters. The van der Waals surface area contributed by atoms with Gasteiger partial charge in [0.25, 0.3) is 11.8 Å². The lowest BCUT2D eigenvalue weighted by molar-refractivity contribution is -0.164. The number of ether oxygens (including phenoxy) is 1. The second kappa shape index (κ2) is 11.6. The van der Waals surface area contributed by atoms with Crippen LogP contribution in [0.1, 0.15) is 50.5 Å². The quantitative estimate of drug-likeness (QED) is 0.257. The Balaban J connectivity index is 1.84. The Morgan fingerprint density at radius 2 is 1.55 bits per heavy atom. The van der Waals surface area contributed by atoms with E-state index in [2.05, 4.69) is 10.6 Å². The molecular formula is C23H30N4O6. The fraction of sp³-hybridized carbons (Fsp3) is 0.522. The van der Waals surface area contributed by atoms with Crippen molar-refractivity contribution in [3.8, 4) is 0 Å². The molecule has 33 heavy (non-hydrogen) atoms. The number of nitrogens with two attached hydrogens (primary N) is 1. The molecule has 0 radical (unpaired) electrons. The van der Waals surface area contributed by atoms with Gasteiger partial charge in [-0.2, -0.15) is 0 Å². The van der Waals surface area contributed by atoms with Crippen molar-refractivity contribution in [3.63, 3.8) is 0 Å². The number of amides is 4. The zero-order chi connectivity index (χ0) is 23.8. The number of hydrogen-bond acceptors (Lipinski definition) is 7. The number of carbonyl (C=O) groups excluding carboxylic acids is 5. The Kier molecular flexibility index (Phi) is 8.53. The molecule has 2 heterocycles. The van der Waals surface area contributed by atoms with Gasteiger partial charge in [-0.3, -0.25) is 24.1 Å². The van der Waals surface area contributed by atoms with Gasteiger partial charge in [0.1, 0.15) is 24.7 Å². The zero-order valence-electron chi connectivity index (χ0n) is 18.5. The van der Waals surface area contributed by atoms with Crippen molar-refractivity contribution in [1.82, 2.24) is 15.5 Å². The summed E-state index contributed by atoms with van der Waals surface area (Å²) in [6.45, 7) is 0.384. The van der Waals surface area contributed by atoms with E-state index in [-0.39, 0.29) is 50.5 Å². The maximum atomic E-state index is 13.4. The Morgan fingerprint density at radius 3 is 2.03 bits per heavy atom. The smallest absolute Gasteiger partial charge is 0.329 e. The molecule has 0 spiro atoms. The topological polar surface area (TPSA) is 148 Å². The number of nitrogens with zero attached hydrogens (tertiary/aromatic N) is 1. The standard InChI is InChI=1S/C23H30N4O6/c24-13-5-4-8-18(23(32)33-14-15-6-2-1-3-7-15)27(21(30)16-9-11-19(28)25-16)22(31)17-10-12-20(29)26-17/h1-3,6-7,16-18H,4-5,8-14,24H2,(H,25,28)(H,26,29)/t16-,17-,18-/m0/s1. The molecule has 0 saturated carbocycles. The van der Waals surface area contributed by atoms with E-state index in [1.54, 1.807) is 12.1 Å². The molecule has 0 aliphatic carbocycles. The third kappa shape index (κ3) is 6.38. The van der Waals surface area contributed by atoms with Crippen LogP contribution in [0.2, 0.25) is 0 Å². The largest absolute Gasteiger partial charge is 0.459 e. The van der Waals surface area contributed by atoms with Crippen molar-refractivity contribution in [2.75, 3.05) is 6.54 Å². The van der Waals surface area contributed by atoms with Gasteiger partial charge in [-0.1, -0.05) is 30.3 Å².